The average Bonchev–Trinajstić information content (AvgIpc) is 3.12. The van der Waals surface area contributed by atoms with Crippen LogP contribution in [-0.2, 0) is 6.54 Å². The molecule has 0 aliphatic heterocycles. The number of hydrogen-bond acceptors (Lipinski definition) is 5. The third-order valence-corrected chi connectivity index (χ3v) is 5.40. The normalized spacial score (nSPS) is 11.1. The molecule has 0 bridgehead atoms. The van der Waals surface area contributed by atoms with Crippen molar-refractivity contribution < 1.29 is 13.9 Å². The Morgan fingerprint density at radius 3 is 2.45 bits per heavy atom. The Hall–Kier alpha value is -4.46. The van der Waals surface area contributed by atoms with Gasteiger partial charge in [-0.05, 0) is 48.0 Å². The number of hydrogen-bond donors (Lipinski definition) is 2. The van der Waals surface area contributed by atoms with E-state index in [-0.39, 0.29) is 17.9 Å². The third kappa shape index (κ3) is 3.71. The first-order valence-corrected chi connectivity index (χ1v) is 10.3. The van der Waals surface area contributed by atoms with Gasteiger partial charge in [0.25, 0.3) is 5.91 Å². The van der Waals surface area contributed by atoms with E-state index in [0.717, 1.165) is 11.3 Å². The quantitative estimate of drug-likeness (QED) is 0.426. The van der Waals surface area contributed by atoms with E-state index in [1.54, 1.807) is 23.8 Å². The van der Waals surface area contributed by atoms with Crippen LogP contribution in [0.15, 0.2) is 72.8 Å². The predicted molar refractivity (Wildman–Crippen MR) is 125 cm³/mol. The van der Waals surface area contributed by atoms with Crippen molar-refractivity contribution >= 4 is 33.9 Å². The molecule has 5 rings (SSSR count). The second kappa shape index (κ2) is 8.23. The lowest BCUT2D eigenvalue weighted by atomic mass is 10.2. The summed E-state index contributed by atoms with van der Waals surface area (Å²) in [5, 5.41) is 2.90. The minimum absolute atomic E-state index is 0.137. The van der Waals surface area contributed by atoms with E-state index in [4.69, 9.17) is 10.5 Å². The van der Waals surface area contributed by atoms with Crippen molar-refractivity contribution in [2.75, 3.05) is 12.8 Å². The molecule has 0 aliphatic rings. The van der Waals surface area contributed by atoms with E-state index in [2.05, 4.69) is 15.3 Å². The molecular formula is C25H20FN5O2. The minimum Gasteiger partial charge on any atom is -0.497 e. The van der Waals surface area contributed by atoms with Crippen LogP contribution in [0.5, 0.6) is 5.75 Å². The number of halogens is 1. The monoisotopic (exact) mass is 441 g/mol. The first-order chi connectivity index (χ1) is 16.0. The molecule has 33 heavy (non-hydrogen) atoms. The molecule has 5 aromatic rings. The second-order valence-corrected chi connectivity index (χ2v) is 7.49. The van der Waals surface area contributed by atoms with Gasteiger partial charge in [0.05, 0.1) is 23.8 Å². The first-order valence-electron chi connectivity index (χ1n) is 10.3. The highest BCUT2D eigenvalue weighted by molar-refractivity contribution is 6.11. The molecular weight excluding hydrogens is 421 g/mol. The van der Waals surface area contributed by atoms with Gasteiger partial charge >= 0.3 is 0 Å². The van der Waals surface area contributed by atoms with Crippen molar-refractivity contribution in [2.24, 2.45) is 0 Å². The zero-order valence-electron chi connectivity index (χ0n) is 17.7. The summed E-state index contributed by atoms with van der Waals surface area (Å²) in [5.41, 5.74) is 10.0. The SMILES string of the molecule is COc1ccc(CNC(=O)c2c(N)n(-c3cccc(F)c3)c3nc4ccccc4nc23)cc1. The van der Waals surface area contributed by atoms with Crippen LogP contribution in [0.3, 0.4) is 0 Å². The molecule has 0 spiro atoms. The van der Waals surface area contributed by atoms with Crippen molar-refractivity contribution in [3.63, 3.8) is 0 Å². The zero-order chi connectivity index (χ0) is 22.9. The van der Waals surface area contributed by atoms with Crippen molar-refractivity contribution in [2.45, 2.75) is 6.54 Å². The number of nitrogens with zero attached hydrogens (tertiary/aromatic N) is 3. The maximum Gasteiger partial charge on any atom is 0.257 e. The molecule has 3 N–H and O–H groups in total. The molecule has 8 heteroatoms. The number of carbonyl (C=O) groups excluding carboxylic acids is 1. The molecule has 0 atom stereocenters. The molecule has 2 aromatic heterocycles. The smallest absolute Gasteiger partial charge is 0.257 e. The standard InChI is InChI=1S/C25H20FN5O2/c1-33-18-11-9-15(10-12-18)14-28-25(32)21-22-24(30-20-8-3-2-7-19(20)29-22)31(23(21)27)17-6-4-5-16(26)13-17/h2-13H,14,27H2,1H3,(H,28,32). The van der Waals surface area contributed by atoms with Crippen LogP contribution in [0.1, 0.15) is 15.9 Å². The fourth-order valence-corrected chi connectivity index (χ4v) is 3.78. The van der Waals surface area contributed by atoms with E-state index in [1.807, 2.05) is 48.5 Å². The van der Waals surface area contributed by atoms with Crippen LogP contribution in [0.4, 0.5) is 10.2 Å². The Morgan fingerprint density at radius 1 is 1.03 bits per heavy atom. The van der Waals surface area contributed by atoms with E-state index in [9.17, 15) is 9.18 Å². The summed E-state index contributed by atoms with van der Waals surface area (Å²) < 4.78 is 20.7. The van der Waals surface area contributed by atoms with Gasteiger partial charge in [-0.15, -0.1) is 0 Å². The lowest BCUT2D eigenvalue weighted by molar-refractivity contribution is 0.0953. The highest BCUT2D eigenvalue weighted by atomic mass is 19.1. The summed E-state index contributed by atoms with van der Waals surface area (Å²) in [6.07, 6.45) is 0. The molecule has 0 fully saturated rings. The van der Waals surface area contributed by atoms with Crippen molar-refractivity contribution in [3.05, 3.63) is 89.7 Å². The number of rotatable bonds is 5. The van der Waals surface area contributed by atoms with Gasteiger partial charge in [0.2, 0.25) is 0 Å². The number of anilines is 1. The van der Waals surface area contributed by atoms with E-state index in [1.165, 1.54) is 12.1 Å². The molecule has 0 radical (unpaired) electrons. The molecule has 0 saturated carbocycles. The van der Waals surface area contributed by atoms with Crippen LogP contribution in [0.25, 0.3) is 27.9 Å². The summed E-state index contributed by atoms with van der Waals surface area (Å²) in [4.78, 5) is 22.6. The number of nitrogens with one attached hydrogen (secondary N) is 1. The summed E-state index contributed by atoms with van der Waals surface area (Å²) in [7, 11) is 1.60. The molecule has 1 amide bonds. The Balaban J connectivity index is 1.61. The number of fused-ring (bicyclic) bond motifs is 2. The van der Waals surface area contributed by atoms with Gasteiger partial charge < -0.3 is 15.8 Å². The van der Waals surface area contributed by atoms with Crippen LogP contribution >= 0.6 is 0 Å². The van der Waals surface area contributed by atoms with Crippen LogP contribution in [-0.4, -0.2) is 27.6 Å². The minimum atomic E-state index is -0.423. The van der Waals surface area contributed by atoms with E-state index in [0.29, 0.717) is 27.9 Å². The predicted octanol–water partition coefficient (Wildman–Crippen LogP) is 4.23. The van der Waals surface area contributed by atoms with Gasteiger partial charge in [0.1, 0.15) is 28.5 Å². The van der Waals surface area contributed by atoms with Crippen LogP contribution in [0, 0.1) is 5.82 Å². The fraction of sp³-hybridized carbons (Fsp3) is 0.0800. The number of para-hydroxylation sites is 2. The largest absolute Gasteiger partial charge is 0.497 e. The highest BCUT2D eigenvalue weighted by Gasteiger charge is 2.25. The number of ether oxygens (including phenoxy) is 1. The van der Waals surface area contributed by atoms with Gasteiger partial charge in [-0.25, -0.2) is 14.4 Å². The highest BCUT2D eigenvalue weighted by Crippen LogP contribution is 2.31. The Morgan fingerprint density at radius 2 is 1.76 bits per heavy atom. The zero-order valence-corrected chi connectivity index (χ0v) is 17.7. The lowest BCUT2D eigenvalue weighted by Gasteiger charge is -2.09. The third-order valence-electron chi connectivity index (χ3n) is 5.40. The average molecular weight is 441 g/mol. The van der Waals surface area contributed by atoms with Gasteiger partial charge in [0, 0.05) is 6.54 Å². The number of amides is 1. The number of benzene rings is 3. The lowest BCUT2D eigenvalue weighted by Crippen LogP contribution is -2.24. The molecule has 0 unspecified atom stereocenters. The maximum atomic E-state index is 14.0. The summed E-state index contributed by atoms with van der Waals surface area (Å²) in [6, 6.07) is 20.7. The van der Waals surface area contributed by atoms with Gasteiger partial charge in [-0.1, -0.05) is 30.3 Å². The Labute approximate surface area is 188 Å². The first kappa shape index (κ1) is 20.4. The molecule has 164 valence electrons. The Bertz CT molecular complexity index is 1490. The second-order valence-electron chi connectivity index (χ2n) is 7.49. The van der Waals surface area contributed by atoms with Crippen LogP contribution < -0.4 is 15.8 Å². The van der Waals surface area contributed by atoms with Crippen molar-refractivity contribution in [1.82, 2.24) is 19.9 Å². The maximum absolute atomic E-state index is 14.0. The molecule has 3 aromatic carbocycles. The van der Waals surface area contributed by atoms with Gasteiger partial charge in [-0.3, -0.25) is 9.36 Å². The summed E-state index contributed by atoms with van der Waals surface area (Å²) >= 11 is 0. The topological polar surface area (TPSA) is 95.1 Å². The number of nitrogen functional groups attached to an aromatic ring is 1. The molecule has 7 nitrogen and oxygen atoms in total. The summed E-state index contributed by atoms with van der Waals surface area (Å²) in [5.74, 6) is 0.0498. The molecule has 2 heterocycles. The number of methoxy groups -OCH3 is 1. The van der Waals surface area contributed by atoms with Gasteiger partial charge in [-0.2, -0.15) is 0 Å². The van der Waals surface area contributed by atoms with Crippen molar-refractivity contribution in [3.8, 4) is 11.4 Å². The Kier molecular flexibility index (Phi) is 5.10. The van der Waals surface area contributed by atoms with Crippen LogP contribution in [0.2, 0.25) is 0 Å². The number of nitrogens with two attached hydrogens (primary N) is 1. The number of carbonyl (C=O) groups is 1. The van der Waals surface area contributed by atoms with Gasteiger partial charge in [0.15, 0.2) is 5.65 Å². The van der Waals surface area contributed by atoms with Crippen molar-refractivity contribution in [1.29, 1.82) is 0 Å². The fourth-order valence-electron chi connectivity index (χ4n) is 3.78. The molecule has 0 saturated heterocycles. The van der Waals surface area contributed by atoms with E-state index < -0.39 is 11.7 Å². The molecule has 0 aliphatic carbocycles. The number of aromatic nitrogens is 3. The van der Waals surface area contributed by atoms with E-state index >= 15 is 0 Å². The summed E-state index contributed by atoms with van der Waals surface area (Å²) in [6.45, 7) is 0.288.